The number of carbonyl (C=O) groups excluding carboxylic acids is 1. The maximum absolute atomic E-state index is 13.7. The van der Waals surface area contributed by atoms with Crippen LogP contribution in [0.25, 0.3) is 10.8 Å². The summed E-state index contributed by atoms with van der Waals surface area (Å²) in [5, 5.41) is 1.48. The normalized spacial score (nSPS) is 22.3. The van der Waals surface area contributed by atoms with E-state index in [1.807, 2.05) is 11.0 Å². The third-order valence-electron chi connectivity index (χ3n) is 8.21. The van der Waals surface area contributed by atoms with E-state index in [1.165, 1.54) is 12.8 Å². The third-order valence-corrected chi connectivity index (χ3v) is 10.2. The van der Waals surface area contributed by atoms with Gasteiger partial charge in [-0.3, -0.25) is 14.7 Å². The molecule has 0 bridgehead atoms. The molecule has 3 aliphatic heterocycles. The number of ether oxygens (including phenoxy) is 1. The van der Waals surface area contributed by atoms with Gasteiger partial charge in [0.05, 0.1) is 11.5 Å². The Hall–Kier alpha value is -1.53. The third kappa shape index (κ3) is 7.41. The number of piperidine rings is 2. The lowest BCUT2D eigenvalue weighted by atomic mass is 10.0. The molecule has 5 rings (SSSR count). The van der Waals surface area contributed by atoms with Gasteiger partial charge >= 0.3 is 0 Å². The van der Waals surface area contributed by atoms with Gasteiger partial charge in [-0.05, 0) is 58.0 Å². The van der Waals surface area contributed by atoms with Crippen molar-refractivity contribution in [2.24, 2.45) is 0 Å². The molecule has 3 aliphatic rings. The number of rotatable bonds is 7. The van der Waals surface area contributed by atoms with E-state index in [0.717, 1.165) is 63.9 Å². The van der Waals surface area contributed by atoms with Crippen LogP contribution in [0, 0.1) is 0 Å². The molecule has 218 valence electrons. The number of benzene rings is 1. The second-order valence-electron chi connectivity index (χ2n) is 10.6. The van der Waals surface area contributed by atoms with Gasteiger partial charge in [0, 0.05) is 68.0 Å². The van der Waals surface area contributed by atoms with Crippen molar-refractivity contribution in [3.05, 3.63) is 36.7 Å². The first-order valence-electron chi connectivity index (χ1n) is 13.6. The Morgan fingerprint density at radius 3 is 2.46 bits per heavy atom. The number of piperazine rings is 1. The highest BCUT2D eigenvalue weighted by atomic mass is 35.5. The lowest BCUT2D eigenvalue weighted by molar-refractivity contribution is -0.138. The molecule has 0 saturated carbocycles. The molecule has 0 radical (unpaired) electrons. The Morgan fingerprint density at radius 1 is 0.974 bits per heavy atom. The fourth-order valence-corrected chi connectivity index (χ4v) is 7.87. The highest BCUT2D eigenvalue weighted by molar-refractivity contribution is 7.89. The number of hydrogen-bond donors (Lipinski definition) is 0. The summed E-state index contributed by atoms with van der Waals surface area (Å²) in [6.45, 7) is 6.26. The molecule has 0 aliphatic carbocycles. The first kappa shape index (κ1) is 32.0. The van der Waals surface area contributed by atoms with E-state index in [0.29, 0.717) is 22.9 Å². The van der Waals surface area contributed by atoms with E-state index < -0.39 is 10.0 Å². The molecule has 1 aromatic heterocycles. The zero-order valence-electron chi connectivity index (χ0n) is 22.6. The molecule has 4 heterocycles. The Balaban J connectivity index is 0.00000210. The van der Waals surface area contributed by atoms with Crippen molar-refractivity contribution in [2.45, 2.75) is 49.1 Å². The summed E-state index contributed by atoms with van der Waals surface area (Å²) in [5.74, 6) is -0.00482. The van der Waals surface area contributed by atoms with E-state index in [1.54, 1.807) is 34.9 Å². The van der Waals surface area contributed by atoms with Gasteiger partial charge in [0.2, 0.25) is 15.9 Å². The summed E-state index contributed by atoms with van der Waals surface area (Å²) in [5.41, 5.74) is 0. The monoisotopic (exact) mass is 601 g/mol. The summed E-state index contributed by atoms with van der Waals surface area (Å²) >= 11 is 0. The minimum atomic E-state index is -3.71. The zero-order valence-corrected chi connectivity index (χ0v) is 25.1. The lowest BCUT2D eigenvalue weighted by Crippen LogP contribution is -2.54. The van der Waals surface area contributed by atoms with Crippen molar-refractivity contribution in [1.82, 2.24) is 24.0 Å². The molecule has 0 spiro atoms. The van der Waals surface area contributed by atoms with Gasteiger partial charge in [-0.1, -0.05) is 18.6 Å². The fourth-order valence-electron chi connectivity index (χ4n) is 5.97. The molecule has 1 unspecified atom stereocenters. The van der Waals surface area contributed by atoms with Crippen LogP contribution in [-0.2, 0) is 19.6 Å². The number of aromatic nitrogens is 1. The summed E-state index contributed by atoms with van der Waals surface area (Å²) in [4.78, 5) is 24.1. The van der Waals surface area contributed by atoms with Crippen molar-refractivity contribution >= 4 is 51.5 Å². The van der Waals surface area contributed by atoms with Crippen molar-refractivity contribution in [3.8, 4) is 0 Å². The molecule has 1 aromatic carbocycles. The first-order valence-corrected chi connectivity index (χ1v) is 15.0. The SMILES string of the molecule is CN1CCC(N2CCN(C(=O)COCC3CCCCN3S(=O)(=O)c3cccc4cnccc34)CC2)CC1.Cl.Cl. The number of hydrogen-bond acceptors (Lipinski definition) is 7. The summed E-state index contributed by atoms with van der Waals surface area (Å²) in [6, 6.07) is 7.41. The van der Waals surface area contributed by atoms with Gasteiger partial charge in [0.25, 0.3) is 0 Å². The molecule has 0 N–H and O–H groups in total. The Bertz CT molecular complexity index is 1180. The average molecular weight is 603 g/mol. The topological polar surface area (TPSA) is 86.3 Å². The van der Waals surface area contributed by atoms with E-state index >= 15 is 0 Å². The quantitative estimate of drug-likeness (QED) is 0.482. The van der Waals surface area contributed by atoms with Crippen LogP contribution in [0.3, 0.4) is 0 Å². The van der Waals surface area contributed by atoms with E-state index in [4.69, 9.17) is 4.74 Å². The van der Waals surface area contributed by atoms with Crippen LogP contribution in [0.5, 0.6) is 0 Å². The van der Waals surface area contributed by atoms with Crippen LogP contribution in [-0.4, -0.2) is 116 Å². The molecule has 39 heavy (non-hydrogen) atoms. The van der Waals surface area contributed by atoms with Crippen LogP contribution in [0.1, 0.15) is 32.1 Å². The number of amides is 1. The number of halogens is 2. The second-order valence-corrected chi connectivity index (χ2v) is 12.4. The van der Waals surface area contributed by atoms with Crippen molar-refractivity contribution in [2.75, 3.05) is 66.1 Å². The minimum absolute atomic E-state index is 0. The standard InChI is InChI=1S/C27H39N5O4S.2ClH/c1-29-13-9-23(10-14-29)30-15-17-31(18-16-30)27(33)21-36-20-24-6-2-3-12-32(24)37(34,35)26-7-4-5-22-19-28-11-8-25(22)26;;/h4-5,7-8,11,19,23-24H,2-3,6,9-10,12-18,20-21H2,1H3;2*1H. The summed E-state index contributed by atoms with van der Waals surface area (Å²) < 4.78 is 34.9. The minimum Gasteiger partial charge on any atom is -0.370 e. The number of likely N-dealkylation sites (tertiary alicyclic amines) is 1. The zero-order chi connectivity index (χ0) is 25.8. The average Bonchev–Trinajstić information content (AvgIpc) is 2.93. The molecule has 9 nitrogen and oxygen atoms in total. The maximum Gasteiger partial charge on any atom is 0.248 e. The Kier molecular flexibility index (Phi) is 11.8. The summed E-state index contributed by atoms with van der Waals surface area (Å²) in [7, 11) is -1.53. The number of nitrogens with zero attached hydrogens (tertiary/aromatic N) is 5. The van der Waals surface area contributed by atoms with Crippen LogP contribution in [0.4, 0.5) is 0 Å². The van der Waals surface area contributed by atoms with Crippen molar-refractivity contribution in [3.63, 3.8) is 0 Å². The second kappa shape index (κ2) is 14.4. The molecule has 3 saturated heterocycles. The molecule has 1 amide bonds. The predicted molar refractivity (Wildman–Crippen MR) is 157 cm³/mol. The predicted octanol–water partition coefficient (Wildman–Crippen LogP) is 2.88. The lowest BCUT2D eigenvalue weighted by Gasteiger charge is -2.42. The highest BCUT2D eigenvalue weighted by Gasteiger charge is 2.35. The van der Waals surface area contributed by atoms with Gasteiger partial charge in [-0.15, -0.1) is 24.8 Å². The fraction of sp³-hybridized carbons (Fsp3) is 0.630. The number of fused-ring (bicyclic) bond motifs is 1. The van der Waals surface area contributed by atoms with Gasteiger partial charge in [-0.25, -0.2) is 8.42 Å². The van der Waals surface area contributed by atoms with Gasteiger partial charge in [-0.2, -0.15) is 4.31 Å². The van der Waals surface area contributed by atoms with Crippen LogP contribution in [0.15, 0.2) is 41.6 Å². The summed E-state index contributed by atoms with van der Waals surface area (Å²) in [6.07, 6.45) is 8.21. The van der Waals surface area contributed by atoms with Crippen LogP contribution >= 0.6 is 24.8 Å². The Morgan fingerprint density at radius 2 is 1.72 bits per heavy atom. The number of carbonyl (C=O) groups is 1. The van der Waals surface area contributed by atoms with Crippen molar-refractivity contribution in [1.29, 1.82) is 0 Å². The largest absolute Gasteiger partial charge is 0.370 e. The molecular formula is C27H41Cl2N5O4S. The van der Waals surface area contributed by atoms with Gasteiger partial charge in [0.15, 0.2) is 0 Å². The molecule has 1 atom stereocenters. The first-order chi connectivity index (χ1) is 17.9. The van der Waals surface area contributed by atoms with Crippen LogP contribution in [0.2, 0.25) is 0 Å². The molecule has 3 fully saturated rings. The van der Waals surface area contributed by atoms with E-state index in [-0.39, 0.29) is 50.0 Å². The molecule has 2 aromatic rings. The molecule has 12 heteroatoms. The van der Waals surface area contributed by atoms with Crippen molar-refractivity contribution < 1.29 is 17.9 Å². The van der Waals surface area contributed by atoms with E-state index in [2.05, 4.69) is 21.8 Å². The van der Waals surface area contributed by atoms with Crippen LogP contribution < -0.4 is 0 Å². The Labute approximate surface area is 244 Å². The number of sulfonamides is 1. The maximum atomic E-state index is 13.7. The molecular weight excluding hydrogens is 561 g/mol. The highest BCUT2D eigenvalue weighted by Crippen LogP contribution is 2.30. The van der Waals surface area contributed by atoms with Gasteiger partial charge in [0.1, 0.15) is 6.61 Å². The smallest absolute Gasteiger partial charge is 0.248 e. The van der Waals surface area contributed by atoms with Gasteiger partial charge < -0.3 is 14.5 Å². The van der Waals surface area contributed by atoms with E-state index in [9.17, 15) is 13.2 Å². The number of pyridine rings is 1.